The van der Waals surface area contributed by atoms with Crippen molar-refractivity contribution >= 4 is 33.1 Å². The van der Waals surface area contributed by atoms with Gasteiger partial charge in [0.15, 0.2) is 0 Å². The summed E-state index contributed by atoms with van der Waals surface area (Å²) in [5.74, 6) is 0. The molecule has 0 aliphatic heterocycles. The lowest BCUT2D eigenvalue weighted by Crippen LogP contribution is -2.11. The molecule has 0 amide bonds. The van der Waals surface area contributed by atoms with E-state index in [2.05, 4.69) is 9.47 Å². The van der Waals surface area contributed by atoms with Crippen LogP contribution in [0.3, 0.4) is 0 Å². The van der Waals surface area contributed by atoms with Gasteiger partial charge in [-0.1, -0.05) is 0 Å². The van der Waals surface area contributed by atoms with Crippen LogP contribution in [0, 0.1) is 0 Å². The summed E-state index contributed by atoms with van der Waals surface area (Å²) in [4.78, 5) is 19.6. The zero-order valence-electron chi connectivity index (χ0n) is 9.03. The molecule has 5 N–H and O–H groups in total. The average Bonchev–Trinajstić information content (AvgIpc) is 1.94. The van der Waals surface area contributed by atoms with E-state index in [0.29, 0.717) is 0 Å². The van der Waals surface area contributed by atoms with Gasteiger partial charge in [-0.25, -0.2) is 9.59 Å². The van der Waals surface area contributed by atoms with Crippen molar-refractivity contribution in [3.63, 3.8) is 0 Å². The van der Waals surface area contributed by atoms with Crippen LogP contribution in [-0.2, 0) is 30.3 Å². The van der Waals surface area contributed by atoms with Crippen LogP contribution in [0.1, 0.15) is 6.92 Å². The van der Waals surface area contributed by atoms with E-state index in [4.69, 9.17) is 40.2 Å². The van der Waals surface area contributed by atoms with E-state index >= 15 is 0 Å². The highest BCUT2D eigenvalue weighted by molar-refractivity contribution is 7.80. The molecule has 0 saturated carbocycles. The van der Waals surface area contributed by atoms with Crippen molar-refractivity contribution in [3.8, 4) is 0 Å². The molecule has 0 spiro atoms. The average molecular weight is 330 g/mol. The van der Waals surface area contributed by atoms with E-state index < -0.39 is 33.1 Å². The minimum absolute atomic E-state index is 0.103. The van der Waals surface area contributed by atoms with Crippen LogP contribution >= 0.6 is 0 Å². The first-order valence-corrected chi connectivity index (χ1v) is 6.43. The Morgan fingerprint density at radius 3 is 1.37 bits per heavy atom. The van der Waals surface area contributed by atoms with Crippen LogP contribution in [0.4, 0.5) is 9.59 Å². The fourth-order valence-corrected chi connectivity index (χ4v) is 0.219. The fourth-order valence-electron chi connectivity index (χ4n) is 0.219. The second-order valence-electron chi connectivity index (χ2n) is 1.95. The van der Waals surface area contributed by atoms with Gasteiger partial charge < -0.3 is 14.6 Å². The molecule has 0 aliphatic carbocycles. The first-order chi connectivity index (χ1) is 8.16. The van der Waals surface area contributed by atoms with Gasteiger partial charge in [-0.05, 0) is 6.92 Å². The molecule has 13 nitrogen and oxygen atoms in total. The molecule has 0 heterocycles. The summed E-state index contributed by atoms with van der Waals surface area (Å²) >= 11 is 0. The van der Waals surface area contributed by atoms with E-state index in [1.54, 1.807) is 6.92 Å². The van der Waals surface area contributed by atoms with Gasteiger partial charge in [0.2, 0.25) is 0 Å². The third-order valence-electron chi connectivity index (χ3n) is 0.433. The highest BCUT2D eigenvalue weighted by Crippen LogP contribution is 1.83. The predicted octanol–water partition coefficient (Wildman–Crippen LogP) is -0.468. The molecule has 0 aliphatic rings. The van der Waals surface area contributed by atoms with Gasteiger partial charge in [-0.2, -0.15) is 16.8 Å². The summed E-state index contributed by atoms with van der Waals surface area (Å²) in [6.45, 7) is 1.65. The number of hydrogen-bond donors (Lipinski definition) is 5. The summed E-state index contributed by atoms with van der Waals surface area (Å²) in [5, 5.41) is 7.79. The molecule has 0 saturated heterocycles. The molecule has 0 fully saturated rings. The topological polar surface area (TPSA) is 222 Å². The van der Waals surface area contributed by atoms with Crippen molar-refractivity contribution in [2.24, 2.45) is 0 Å². The molecule has 116 valence electrons. The second kappa shape index (κ2) is 10.4. The van der Waals surface area contributed by atoms with Crippen LogP contribution in [-0.4, -0.2) is 59.1 Å². The molecule has 0 radical (unpaired) electrons. The van der Waals surface area contributed by atoms with E-state index in [0.717, 1.165) is 0 Å². The van der Waals surface area contributed by atoms with E-state index in [-0.39, 0.29) is 6.61 Å². The van der Waals surface area contributed by atoms with Gasteiger partial charge in [0.25, 0.3) is 0 Å². The summed E-state index contributed by atoms with van der Waals surface area (Å²) in [6, 6.07) is 0. The Hall–Kier alpha value is -1.52. The Kier molecular flexibility index (Phi) is 12.4. The molecule has 0 bridgehead atoms. The molecule has 0 aromatic carbocycles. The first kappa shape index (κ1) is 22.6. The zero-order chi connectivity index (χ0) is 16.3. The van der Waals surface area contributed by atoms with Gasteiger partial charge in [0.1, 0.15) is 0 Å². The summed E-state index contributed by atoms with van der Waals surface area (Å²) in [6.07, 6.45) is -2.85. The molecule has 0 rings (SSSR count). The lowest BCUT2D eigenvalue weighted by Gasteiger charge is -1.95. The minimum Gasteiger partial charge on any atom is -0.449 e. The van der Waals surface area contributed by atoms with Gasteiger partial charge >= 0.3 is 33.1 Å². The maximum Gasteiger partial charge on any atom is 0.518 e. The summed E-state index contributed by atoms with van der Waals surface area (Å²) < 4.78 is 70.8. The Morgan fingerprint density at radius 1 is 0.947 bits per heavy atom. The van der Waals surface area contributed by atoms with Crippen molar-refractivity contribution in [1.82, 2.24) is 0 Å². The molecule has 0 atom stereocenters. The molecule has 0 aromatic rings. The first-order valence-electron chi connectivity index (χ1n) is 3.64. The fraction of sp³-hybridized carbons (Fsp3) is 0.500. The van der Waals surface area contributed by atoms with Crippen LogP contribution < -0.4 is 0 Å². The number of carboxylic acid groups (broad SMARTS) is 1. The van der Waals surface area contributed by atoms with Crippen molar-refractivity contribution in [1.29, 1.82) is 0 Å². The van der Waals surface area contributed by atoms with E-state index in [1.165, 1.54) is 0 Å². The van der Waals surface area contributed by atoms with Crippen molar-refractivity contribution in [2.45, 2.75) is 6.92 Å². The molecule has 19 heavy (non-hydrogen) atoms. The van der Waals surface area contributed by atoms with Gasteiger partial charge in [-0.3, -0.25) is 18.2 Å². The molecular formula is C4H10O13S2. The van der Waals surface area contributed by atoms with Crippen LogP contribution in [0.2, 0.25) is 0 Å². The van der Waals surface area contributed by atoms with Crippen LogP contribution in [0.25, 0.3) is 0 Å². The Morgan fingerprint density at radius 2 is 1.21 bits per heavy atom. The Bertz CT molecular complexity index is 411. The van der Waals surface area contributed by atoms with Crippen molar-refractivity contribution in [2.75, 3.05) is 6.61 Å². The highest BCUT2D eigenvalue weighted by Gasteiger charge is 2.06. The quantitative estimate of drug-likeness (QED) is 0.233. The van der Waals surface area contributed by atoms with E-state index in [9.17, 15) is 9.59 Å². The minimum atomic E-state index is -4.67. The second-order valence-corrected chi connectivity index (χ2v) is 3.74. The standard InChI is InChI=1S/C4H6O5.2H2O4S/c1-2-8-4(7)9-3(5)6;2*1-5(2,3)4/h2H2,1H3,(H,5,6);2*(H2,1,2,3,4). The van der Waals surface area contributed by atoms with Crippen molar-refractivity contribution < 1.29 is 59.2 Å². The number of hydrogen-bond acceptors (Lipinski definition) is 8. The summed E-state index contributed by atoms with van der Waals surface area (Å²) in [5.41, 5.74) is 0. The lowest BCUT2D eigenvalue weighted by atomic mass is 10.9. The maximum atomic E-state index is 10.0. The number of carbonyl (C=O) groups is 2. The predicted molar refractivity (Wildman–Crippen MR) is 54.5 cm³/mol. The molecule has 0 aromatic heterocycles. The highest BCUT2D eigenvalue weighted by atomic mass is 32.3. The molecular weight excluding hydrogens is 320 g/mol. The van der Waals surface area contributed by atoms with Gasteiger partial charge in [0.05, 0.1) is 6.61 Å². The molecule has 15 heteroatoms. The van der Waals surface area contributed by atoms with Crippen molar-refractivity contribution in [3.05, 3.63) is 0 Å². The summed E-state index contributed by atoms with van der Waals surface area (Å²) in [7, 11) is -9.33. The smallest absolute Gasteiger partial charge is 0.449 e. The monoisotopic (exact) mass is 330 g/mol. The third-order valence-corrected chi connectivity index (χ3v) is 0.433. The van der Waals surface area contributed by atoms with Crippen LogP contribution in [0.15, 0.2) is 0 Å². The Balaban J connectivity index is -0.000000219. The molecule has 0 unspecified atom stereocenters. The number of ether oxygens (including phenoxy) is 2. The largest absolute Gasteiger partial charge is 0.518 e. The van der Waals surface area contributed by atoms with Gasteiger partial charge in [-0.15, -0.1) is 0 Å². The SMILES string of the molecule is CCOC(=O)OC(=O)O.O=S(=O)(O)O.O=S(=O)(O)O. The maximum absolute atomic E-state index is 10.0. The number of rotatable bonds is 1. The zero-order valence-corrected chi connectivity index (χ0v) is 10.7. The van der Waals surface area contributed by atoms with Gasteiger partial charge in [0, 0.05) is 0 Å². The lowest BCUT2D eigenvalue weighted by molar-refractivity contribution is 0.0576. The van der Waals surface area contributed by atoms with E-state index in [1.807, 2.05) is 0 Å². The number of carbonyl (C=O) groups excluding carboxylic acids is 1. The Labute approximate surface area is 106 Å². The normalized spacial score (nSPS) is 9.95. The third kappa shape index (κ3) is 115. The van der Waals surface area contributed by atoms with Crippen LogP contribution in [0.5, 0.6) is 0 Å².